The van der Waals surface area contributed by atoms with Gasteiger partial charge in [0, 0.05) is 26.1 Å². The van der Waals surface area contributed by atoms with Crippen LogP contribution in [0.2, 0.25) is 0 Å². The van der Waals surface area contributed by atoms with Crippen LogP contribution in [0.4, 0.5) is 0 Å². The summed E-state index contributed by atoms with van der Waals surface area (Å²) in [5, 5.41) is 22.2. The van der Waals surface area contributed by atoms with Crippen LogP contribution in [0.5, 0.6) is 5.75 Å². The molecule has 0 saturated carbocycles. The summed E-state index contributed by atoms with van der Waals surface area (Å²) in [6, 6.07) is 11.9. The van der Waals surface area contributed by atoms with Gasteiger partial charge in [-0.25, -0.2) is 0 Å². The molecule has 1 spiro atoms. The number of hydrogen-bond acceptors (Lipinski definition) is 4. The van der Waals surface area contributed by atoms with Gasteiger partial charge in [0.05, 0.1) is 17.8 Å². The summed E-state index contributed by atoms with van der Waals surface area (Å²) in [4.78, 5) is 2.47. The SMILES string of the molecule is CC1(O)CCOC2(CCN(Cc3ccc4cc(O)ccc4c3)CC2)C1. The van der Waals surface area contributed by atoms with Crippen molar-refractivity contribution in [1.29, 1.82) is 0 Å². The van der Waals surface area contributed by atoms with Crippen LogP contribution in [-0.2, 0) is 11.3 Å². The minimum Gasteiger partial charge on any atom is -0.508 e. The number of ether oxygens (including phenoxy) is 1. The zero-order valence-corrected chi connectivity index (χ0v) is 14.9. The number of nitrogens with zero attached hydrogens (tertiary/aromatic N) is 1. The predicted octanol–water partition coefficient (Wildman–Crippen LogP) is 3.44. The highest BCUT2D eigenvalue weighted by atomic mass is 16.5. The van der Waals surface area contributed by atoms with Crippen LogP contribution in [0.3, 0.4) is 0 Å². The summed E-state index contributed by atoms with van der Waals surface area (Å²) < 4.78 is 6.10. The topological polar surface area (TPSA) is 52.9 Å². The highest BCUT2D eigenvalue weighted by Gasteiger charge is 2.44. The Morgan fingerprint density at radius 3 is 2.52 bits per heavy atom. The fraction of sp³-hybridized carbons (Fsp3) is 0.524. The zero-order chi connectivity index (χ0) is 17.5. The number of benzene rings is 2. The maximum atomic E-state index is 10.4. The van der Waals surface area contributed by atoms with E-state index in [0.717, 1.165) is 56.1 Å². The van der Waals surface area contributed by atoms with Crippen LogP contribution >= 0.6 is 0 Å². The standard InChI is InChI=1S/C21H27NO3/c1-20(24)8-11-25-21(15-20)6-9-22(10-7-21)14-16-2-3-18-13-19(23)5-4-17(18)12-16/h2-5,12-13,23-24H,6-11,14-15H2,1H3. The van der Waals surface area contributed by atoms with E-state index in [1.54, 1.807) is 12.1 Å². The van der Waals surface area contributed by atoms with E-state index < -0.39 is 5.60 Å². The molecule has 2 aromatic rings. The first-order valence-electron chi connectivity index (χ1n) is 9.24. The molecular weight excluding hydrogens is 314 g/mol. The molecule has 2 aromatic carbocycles. The van der Waals surface area contributed by atoms with Gasteiger partial charge in [0.1, 0.15) is 5.75 Å². The summed E-state index contributed by atoms with van der Waals surface area (Å²) in [7, 11) is 0. The lowest BCUT2D eigenvalue weighted by atomic mass is 9.78. The fourth-order valence-corrected chi connectivity index (χ4v) is 4.40. The Balaban J connectivity index is 1.41. The first-order chi connectivity index (χ1) is 11.9. The minimum atomic E-state index is -0.579. The van der Waals surface area contributed by atoms with E-state index in [9.17, 15) is 10.2 Å². The molecule has 2 saturated heterocycles. The van der Waals surface area contributed by atoms with Crippen LogP contribution in [0, 0.1) is 0 Å². The maximum absolute atomic E-state index is 10.4. The van der Waals surface area contributed by atoms with Gasteiger partial charge >= 0.3 is 0 Å². The maximum Gasteiger partial charge on any atom is 0.116 e. The number of fused-ring (bicyclic) bond motifs is 1. The van der Waals surface area contributed by atoms with Crippen molar-refractivity contribution in [3.05, 3.63) is 42.0 Å². The van der Waals surface area contributed by atoms with E-state index >= 15 is 0 Å². The number of rotatable bonds is 2. The Labute approximate surface area is 149 Å². The van der Waals surface area contributed by atoms with Crippen molar-refractivity contribution in [3.8, 4) is 5.75 Å². The largest absolute Gasteiger partial charge is 0.508 e. The van der Waals surface area contributed by atoms with Gasteiger partial charge in [0.25, 0.3) is 0 Å². The summed E-state index contributed by atoms with van der Waals surface area (Å²) >= 11 is 0. The molecule has 134 valence electrons. The molecule has 0 aromatic heterocycles. The van der Waals surface area contributed by atoms with Crippen molar-refractivity contribution in [2.45, 2.75) is 50.4 Å². The molecule has 1 unspecified atom stereocenters. The first kappa shape index (κ1) is 16.8. The van der Waals surface area contributed by atoms with Crippen molar-refractivity contribution in [3.63, 3.8) is 0 Å². The minimum absolute atomic E-state index is 0.126. The van der Waals surface area contributed by atoms with Gasteiger partial charge in [-0.15, -0.1) is 0 Å². The third-order valence-corrected chi connectivity index (χ3v) is 5.81. The van der Waals surface area contributed by atoms with Gasteiger partial charge in [-0.05, 0) is 60.7 Å². The Bertz CT molecular complexity index is 763. The number of piperidine rings is 1. The highest BCUT2D eigenvalue weighted by Crippen LogP contribution is 2.39. The van der Waals surface area contributed by atoms with Gasteiger partial charge in [-0.2, -0.15) is 0 Å². The molecule has 4 nitrogen and oxygen atoms in total. The third kappa shape index (κ3) is 3.66. The second kappa shape index (κ2) is 6.27. The molecule has 25 heavy (non-hydrogen) atoms. The van der Waals surface area contributed by atoms with E-state index in [4.69, 9.17) is 4.74 Å². The van der Waals surface area contributed by atoms with Gasteiger partial charge in [0.15, 0.2) is 0 Å². The Morgan fingerprint density at radius 2 is 1.76 bits per heavy atom. The van der Waals surface area contributed by atoms with E-state index in [1.807, 2.05) is 13.0 Å². The number of likely N-dealkylation sites (tertiary alicyclic amines) is 1. The average Bonchev–Trinajstić information content (AvgIpc) is 2.56. The average molecular weight is 341 g/mol. The van der Waals surface area contributed by atoms with Crippen LogP contribution < -0.4 is 0 Å². The summed E-state index contributed by atoms with van der Waals surface area (Å²) in [6.07, 6.45) is 3.48. The molecule has 0 aliphatic carbocycles. The highest BCUT2D eigenvalue weighted by molar-refractivity contribution is 5.84. The lowest BCUT2D eigenvalue weighted by molar-refractivity contribution is -0.173. The quantitative estimate of drug-likeness (QED) is 0.878. The first-order valence-corrected chi connectivity index (χ1v) is 9.24. The molecule has 0 bridgehead atoms. The summed E-state index contributed by atoms with van der Waals surface area (Å²) in [6.45, 7) is 5.55. The molecule has 2 fully saturated rings. The number of aliphatic hydroxyl groups is 1. The number of phenols is 1. The molecule has 2 N–H and O–H groups in total. The Morgan fingerprint density at radius 1 is 1.04 bits per heavy atom. The second-order valence-electron chi connectivity index (χ2n) is 8.10. The normalized spacial score (nSPS) is 27.0. The lowest BCUT2D eigenvalue weighted by Crippen LogP contribution is -2.53. The predicted molar refractivity (Wildman–Crippen MR) is 98.7 cm³/mol. The second-order valence-corrected chi connectivity index (χ2v) is 8.10. The Kier molecular flexibility index (Phi) is 4.22. The van der Waals surface area contributed by atoms with Gasteiger partial charge in [-0.1, -0.05) is 18.2 Å². The van der Waals surface area contributed by atoms with Crippen molar-refractivity contribution in [1.82, 2.24) is 4.90 Å². The molecule has 4 rings (SSSR count). The van der Waals surface area contributed by atoms with Gasteiger partial charge < -0.3 is 14.9 Å². The monoisotopic (exact) mass is 341 g/mol. The number of phenolic OH excluding ortho intramolecular Hbond substituents is 1. The van der Waals surface area contributed by atoms with Crippen molar-refractivity contribution in [2.24, 2.45) is 0 Å². The van der Waals surface area contributed by atoms with Crippen molar-refractivity contribution >= 4 is 10.8 Å². The van der Waals surface area contributed by atoms with Crippen LogP contribution in [0.1, 0.15) is 38.2 Å². The van der Waals surface area contributed by atoms with Crippen molar-refractivity contribution in [2.75, 3.05) is 19.7 Å². The molecule has 0 amide bonds. The van der Waals surface area contributed by atoms with Gasteiger partial charge in [0.2, 0.25) is 0 Å². The molecular formula is C21H27NO3. The lowest BCUT2D eigenvalue weighted by Gasteiger charge is -2.48. The summed E-state index contributed by atoms with van der Waals surface area (Å²) in [5.41, 5.74) is 0.592. The molecule has 1 atom stereocenters. The Hall–Kier alpha value is -1.62. The fourth-order valence-electron chi connectivity index (χ4n) is 4.40. The van der Waals surface area contributed by atoms with E-state index in [-0.39, 0.29) is 5.60 Å². The van der Waals surface area contributed by atoms with Crippen LogP contribution in [0.15, 0.2) is 36.4 Å². The van der Waals surface area contributed by atoms with Crippen LogP contribution in [-0.4, -0.2) is 46.0 Å². The van der Waals surface area contributed by atoms with Crippen LogP contribution in [0.25, 0.3) is 10.8 Å². The van der Waals surface area contributed by atoms with E-state index in [0.29, 0.717) is 12.4 Å². The number of aromatic hydroxyl groups is 1. The zero-order valence-electron chi connectivity index (χ0n) is 14.9. The van der Waals surface area contributed by atoms with Gasteiger partial charge in [-0.3, -0.25) is 4.90 Å². The summed E-state index contributed by atoms with van der Waals surface area (Å²) in [5.74, 6) is 0.310. The van der Waals surface area contributed by atoms with E-state index in [1.165, 1.54) is 5.56 Å². The number of hydrogen-bond donors (Lipinski definition) is 2. The molecule has 2 heterocycles. The molecule has 2 aliphatic rings. The third-order valence-electron chi connectivity index (χ3n) is 5.81. The van der Waals surface area contributed by atoms with E-state index in [2.05, 4.69) is 23.1 Å². The molecule has 2 aliphatic heterocycles. The molecule has 4 heteroatoms. The van der Waals surface area contributed by atoms with Crippen molar-refractivity contribution < 1.29 is 14.9 Å². The molecule has 0 radical (unpaired) electrons. The smallest absolute Gasteiger partial charge is 0.116 e.